The lowest BCUT2D eigenvalue weighted by molar-refractivity contribution is -0.167. The van der Waals surface area contributed by atoms with Crippen LogP contribution in [0.5, 0.6) is 0 Å². The molecule has 6 nitrogen and oxygen atoms in total. The Morgan fingerprint density at radius 2 is 0.465 bits per heavy atom. The summed E-state index contributed by atoms with van der Waals surface area (Å²) in [6, 6.07) is 0. The first-order valence-corrected chi connectivity index (χ1v) is 32.2. The minimum atomic E-state index is -0.767. The van der Waals surface area contributed by atoms with Gasteiger partial charge in [0.05, 0.1) is 0 Å². The van der Waals surface area contributed by atoms with Crippen molar-refractivity contribution in [1.29, 1.82) is 0 Å². The molecular weight excluding hydrogens is 877 g/mol. The van der Waals surface area contributed by atoms with Gasteiger partial charge in [0.2, 0.25) is 0 Å². The summed E-state index contributed by atoms with van der Waals surface area (Å²) in [6.45, 7) is 6.70. The molecule has 420 valence electrons. The second-order valence-electron chi connectivity index (χ2n) is 22.0. The first-order chi connectivity index (χ1) is 35.0. The number of unbranched alkanes of at least 4 members (excludes halogenated alkanes) is 47. The number of carbonyl (C=O) groups is 3. The third kappa shape index (κ3) is 58.9. The van der Waals surface area contributed by atoms with Gasteiger partial charge >= 0.3 is 17.9 Å². The first kappa shape index (κ1) is 69.2. The van der Waals surface area contributed by atoms with E-state index < -0.39 is 6.10 Å². The molecule has 0 aliphatic heterocycles. The molecule has 0 saturated heterocycles. The summed E-state index contributed by atoms with van der Waals surface area (Å²) in [4.78, 5) is 38.2. The number of carbonyl (C=O) groups excluding carboxylic acids is 3. The zero-order chi connectivity index (χ0) is 51.4. The molecule has 0 spiro atoms. The van der Waals surface area contributed by atoms with E-state index >= 15 is 0 Å². The second kappa shape index (κ2) is 60.7. The molecule has 0 aromatic heterocycles. The van der Waals surface area contributed by atoms with Crippen molar-refractivity contribution in [2.24, 2.45) is 0 Å². The SMILES string of the molecule is CCCCCCCC/C=C\CCCCCCCCCC(=O)OC(COC(=O)CCCCCCCCCCCCC)COC(=O)CCCCCCCCCCCCCCCCCCCCCCCCCCC. The smallest absolute Gasteiger partial charge is 0.306 e. The summed E-state index contributed by atoms with van der Waals surface area (Å²) in [5.74, 6) is -0.843. The lowest BCUT2D eigenvalue weighted by Gasteiger charge is -2.18. The van der Waals surface area contributed by atoms with Crippen molar-refractivity contribution in [1.82, 2.24) is 0 Å². The summed E-state index contributed by atoms with van der Waals surface area (Å²) in [7, 11) is 0. The molecule has 0 bridgehead atoms. The van der Waals surface area contributed by atoms with E-state index in [1.165, 1.54) is 270 Å². The third-order valence-electron chi connectivity index (χ3n) is 14.8. The molecule has 0 aromatic rings. The van der Waals surface area contributed by atoms with Gasteiger partial charge in [-0.15, -0.1) is 0 Å². The average Bonchev–Trinajstić information content (AvgIpc) is 3.37. The van der Waals surface area contributed by atoms with E-state index in [0.717, 1.165) is 57.8 Å². The summed E-state index contributed by atoms with van der Waals surface area (Å²) < 4.78 is 16.9. The molecule has 0 heterocycles. The van der Waals surface area contributed by atoms with Crippen LogP contribution in [-0.4, -0.2) is 37.2 Å². The van der Waals surface area contributed by atoms with Crippen molar-refractivity contribution < 1.29 is 28.6 Å². The third-order valence-corrected chi connectivity index (χ3v) is 14.8. The van der Waals surface area contributed by atoms with Crippen molar-refractivity contribution in [3.05, 3.63) is 12.2 Å². The van der Waals surface area contributed by atoms with Gasteiger partial charge in [0.15, 0.2) is 6.10 Å². The van der Waals surface area contributed by atoms with Crippen molar-refractivity contribution >= 4 is 17.9 Å². The maximum absolute atomic E-state index is 12.9. The maximum Gasteiger partial charge on any atom is 0.306 e. The van der Waals surface area contributed by atoms with Crippen LogP contribution >= 0.6 is 0 Å². The standard InChI is InChI=1S/C65H124O6/c1-4-7-10-13-16-19-22-24-26-28-29-30-31-32-33-34-35-37-38-40-43-46-49-52-55-58-64(67)70-61-62(60-69-63(66)57-54-51-48-45-42-21-18-15-12-9-6-3)71-65(68)59-56-53-50-47-44-41-39-36-27-25-23-20-17-14-11-8-5-2/h25,27,62H,4-24,26,28-61H2,1-3H3/b27-25-. The van der Waals surface area contributed by atoms with Gasteiger partial charge in [0, 0.05) is 19.3 Å². The summed E-state index contributed by atoms with van der Waals surface area (Å²) in [6.07, 6.45) is 70.9. The number of hydrogen-bond acceptors (Lipinski definition) is 6. The van der Waals surface area contributed by atoms with Gasteiger partial charge in [0.25, 0.3) is 0 Å². The Balaban J connectivity index is 4.17. The summed E-state index contributed by atoms with van der Waals surface area (Å²) in [5, 5.41) is 0. The van der Waals surface area contributed by atoms with Crippen LogP contribution in [0.1, 0.15) is 367 Å². The van der Waals surface area contributed by atoms with Crippen LogP contribution in [0.4, 0.5) is 0 Å². The molecule has 6 heteroatoms. The topological polar surface area (TPSA) is 78.9 Å². The normalized spacial score (nSPS) is 12.0. The molecule has 0 aliphatic carbocycles. The molecule has 71 heavy (non-hydrogen) atoms. The van der Waals surface area contributed by atoms with Gasteiger partial charge in [0.1, 0.15) is 13.2 Å². The lowest BCUT2D eigenvalue weighted by atomic mass is 10.0. The Morgan fingerprint density at radius 3 is 0.704 bits per heavy atom. The highest BCUT2D eigenvalue weighted by Crippen LogP contribution is 2.18. The Morgan fingerprint density at radius 1 is 0.268 bits per heavy atom. The van der Waals surface area contributed by atoms with Gasteiger partial charge in [-0.2, -0.15) is 0 Å². The molecule has 0 radical (unpaired) electrons. The van der Waals surface area contributed by atoms with Crippen LogP contribution in [0, 0.1) is 0 Å². The molecule has 0 rings (SSSR count). The molecule has 1 unspecified atom stereocenters. The molecule has 0 fully saturated rings. The largest absolute Gasteiger partial charge is 0.462 e. The van der Waals surface area contributed by atoms with E-state index in [1.807, 2.05) is 0 Å². The minimum Gasteiger partial charge on any atom is -0.462 e. The van der Waals surface area contributed by atoms with Gasteiger partial charge in [-0.05, 0) is 44.9 Å². The molecule has 0 aliphatic rings. The molecular formula is C65H124O6. The first-order valence-electron chi connectivity index (χ1n) is 32.2. The van der Waals surface area contributed by atoms with E-state index in [9.17, 15) is 14.4 Å². The molecule has 0 amide bonds. The van der Waals surface area contributed by atoms with Crippen molar-refractivity contribution in [2.75, 3.05) is 13.2 Å². The van der Waals surface area contributed by atoms with Gasteiger partial charge in [-0.1, -0.05) is 315 Å². The fraction of sp³-hybridized carbons (Fsp3) is 0.923. The number of hydrogen-bond donors (Lipinski definition) is 0. The fourth-order valence-electron chi connectivity index (χ4n) is 9.91. The van der Waals surface area contributed by atoms with Crippen molar-refractivity contribution in [3.63, 3.8) is 0 Å². The van der Waals surface area contributed by atoms with Crippen LogP contribution in [0.3, 0.4) is 0 Å². The van der Waals surface area contributed by atoms with Gasteiger partial charge < -0.3 is 14.2 Å². The van der Waals surface area contributed by atoms with E-state index in [0.29, 0.717) is 19.3 Å². The predicted molar refractivity (Wildman–Crippen MR) is 307 cm³/mol. The summed E-state index contributed by atoms with van der Waals surface area (Å²) >= 11 is 0. The Labute approximate surface area is 443 Å². The van der Waals surface area contributed by atoms with Crippen LogP contribution < -0.4 is 0 Å². The Bertz CT molecular complexity index is 1100. The molecule has 0 saturated carbocycles. The quantitative estimate of drug-likeness (QED) is 0.0261. The van der Waals surface area contributed by atoms with Crippen LogP contribution in [-0.2, 0) is 28.6 Å². The highest BCUT2D eigenvalue weighted by molar-refractivity contribution is 5.71. The second-order valence-corrected chi connectivity index (χ2v) is 22.0. The number of allylic oxidation sites excluding steroid dienone is 2. The van der Waals surface area contributed by atoms with Crippen LogP contribution in [0.2, 0.25) is 0 Å². The zero-order valence-electron chi connectivity index (χ0n) is 48.3. The highest BCUT2D eigenvalue weighted by atomic mass is 16.6. The van der Waals surface area contributed by atoms with Crippen molar-refractivity contribution in [3.8, 4) is 0 Å². The number of rotatable bonds is 60. The minimum absolute atomic E-state index is 0.0655. The monoisotopic (exact) mass is 1000 g/mol. The van der Waals surface area contributed by atoms with E-state index in [4.69, 9.17) is 14.2 Å². The fourth-order valence-corrected chi connectivity index (χ4v) is 9.91. The van der Waals surface area contributed by atoms with Crippen LogP contribution in [0.25, 0.3) is 0 Å². The van der Waals surface area contributed by atoms with Gasteiger partial charge in [-0.3, -0.25) is 14.4 Å². The number of ether oxygens (including phenoxy) is 3. The van der Waals surface area contributed by atoms with Gasteiger partial charge in [-0.25, -0.2) is 0 Å². The van der Waals surface area contributed by atoms with Crippen LogP contribution in [0.15, 0.2) is 12.2 Å². The molecule has 1 atom stereocenters. The zero-order valence-corrected chi connectivity index (χ0v) is 48.3. The Hall–Kier alpha value is -1.85. The molecule has 0 aromatic carbocycles. The lowest BCUT2D eigenvalue weighted by Crippen LogP contribution is -2.30. The average molecular weight is 1000 g/mol. The van der Waals surface area contributed by atoms with E-state index in [2.05, 4.69) is 32.9 Å². The van der Waals surface area contributed by atoms with E-state index in [-0.39, 0.29) is 31.1 Å². The van der Waals surface area contributed by atoms with E-state index in [1.54, 1.807) is 0 Å². The predicted octanol–water partition coefficient (Wildman–Crippen LogP) is 21.7. The maximum atomic E-state index is 12.9. The Kier molecular flexibility index (Phi) is 59.1. The summed E-state index contributed by atoms with van der Waals surface area (Å²) in [5.41, 5.74) is 0. The molecule has 0 N–H and O–H groups in total. The van der Waals surface area contributed by atoms with Crippen molar-refractivity contribution in [2.45, 2.75) is 374 Å². The number of esters is 3. The highest BCUT2D eigenvalue weighted by Gasteiger charge is 2.19.